The minimum atomic E-state index is -0.399. The lowest BCUT2D eigenvalue weighted by Gasteiger charge is -2.30. The summed E-state index contributed by atoms with van der Waals surface area (Å²) in [7, 11) is 0. The maximum Gasteiger partial charge on any atom is 0.410 e. The van der Waals surface area contributed by atoms with Crippen molar-refractivity contribution in [3.63, 3.8) is 0 Å². The van der Waals surface area contributed by atoms with Crippen molar-refractivity contribution in [3.05, 3.63) is 0 Å². The fraction of sp³-hybridized carbons (Fsp3) is 0.929. The van der Waals surface area contributed by atoms with Crippen LogP contribution in [0.4, 0.5) is 4.79 Å². The molecule has 2 rings (SSSR count). The van der Waals surface area contributed by atoms with E-state index in [2.05, 4.69) is 12.2 Å². The SMILES string of the molecule is C[C@H]1CNC[C@@H]1CN(C(=O)OC(C)(C)C)C1CC1. The van der Waals surface area contributed by atoms with E-state index in [1.165, 1.54) is 0 Å². The standard InChI is InChI=1S/C14H26N2O2/c1-10-7-15-8-11(10)9-16(12-5-6-12)13(17)18-14(2,3)4/h10-12,15H,5-9H2,1-4H3/t10-,11+/m0/s1. The average molecular weight is 254 g/mol. The number of carbonyl (C=O) groups excluding carboxylic acids is 1. The van der Waals surface area contributed by atoms with Crippen molar-refractivity contribution in [1.82, 2.24) is 10.2 Å². The molecule has 1 heterocycles. The highest BCUT2D eigenvalue weighted by atomic mass is 16.6. The zero-order valence-corrected chi connectivity index (χ0v) is 12.0. The van der Waals surface area contributed by atoms with Crippen LogP contribution in [-0.4, -0.2) is 42.3 Å². The molecule has 0 unspecified atom stereocenters. The van der Waals surface area contributed by atoms with Crippen molar-refractivity contribution in [2.24, 2.45) is 11.8 Å². The molecule has 1 aliphatic carbocycles. The Morgan fingerprint density at radius 2 is 2.00 bits per heavy atom. The Labute approximate surface area is 110 Å². The van der Waals surface area contributed by atoms with E-state index in [0.29, 0.717) is 17.9 Å². The van der Waals surface area contributed by atoms with Gasteiger partial charge in [0.2, 0.25) is 0 Å². The molecule has 1 N–H and O–H groups in total. The topological polar surface area (TPSA) is 41.6 Å². The molecule has 2 aliphatic rings. The molecule has 1 amide bonds. The molecule has 2 fully saturated rings. The van der Waals surface area contributed by atoms with Crippen molar-refractivity contribution in [2.75, 3.05) is 19.6 Å². The predicted molar refractivity (Wildman–Crippen MR) is 71.5 cm³/mol. The predicted octanol–water partition coefficient (Wildman–Crippen LogP) is 2.24. The van der Waals surface area contributed by atoms with Crippen molar-refractivity contribution in [3.8, 4) is 0 Å². The van der Waals surface area contributed by atoms with E-state index in [1.807, 2.05) is 25.7 Å². The molecule has 4 heteroatoms. The molecule has 1 aliphatic heterocycles. The molecular formula is C14H26N2O2. The lowest BCUT2D eigenvalue weighted by atomic mass is 9.97. The van der Waals surface area contributed by atoms with Gasteiger partial charge in [-0.2, -0.15) is 0 Å². The van der Waals surface area contributed by atoms with E-state index in [9.17, 15) is 4.79 Å². The zero-order valence-electron chi connectivity index (χ0n) is 12.0. The van der Waals surface area contributed by atoms with Crippen LogP contribution >= 0.6 is 0 Å². The highest BCUT2D eigenvalue weighted by molar-refractivity contribution is 5.69. The highest BCUT2D eigenvalue weighted by Gasteiger charge is 2.38. The van der Waals surface area contributed by atoms with E-state index < -0.39 is 5.60 Å². The molecule has 104 valence electrons. The Balaban J connectivity index is 1.93. The molecule has 0 aromatic rings. The monoisotopic (exact) mass is 254 g/mol. The second kappa shape index (κ2) is 5.08. The van der Waals surface area contributed by atoms with Crippen LogP contribution in [0.25, 0.3) is 0 Å². The zero-order chi connectivity index (χ0) is 13.3. The Morgan fingerprint density at radius 3 is 2.44 bits per heavy atom. The van der Waals surface area contributed by atoms with Gasteiger partial charge in [-0.25, -0.2) is 4.79 Å². The molecule has 1 saturated carbocycles. The van der Waals surface area contributed by atoms with Gasteiger partial charge in [0.05, 0.1) is 0 Å². The third-order valence-corrected chi connectivity index (χ3v) is 3.72. The van der Waals surface area contributed by atoms with Gasteiger partial charge in [0, 0.05) is 12.6 Å². The first-order valence-corrected chi connectivity index (χ1v) is 7.07. The third-order valence-electron chi connectivity index (χ3n) is 3.72. The fourth-order valence-corrected chi connectivity index (χ4v) is 2.44. The van der Waals surface area contributed by atoms with Crippen LogP contribution in [-0.2, 0) is 4.74 Å². The van der Waals surface area contributed by atoms with Crippen molar-refractivity contribution in [2.45, 2.75) is 52.2 Å². The van der Waals surface area contributed by atoms with Crippen LogP contribution in [0.15, 0.2) is 0 Å². The van der Waals surface area contributed by atoms with E-state index >= 15 is 0 Å². The molecule has 0 aromatic carbocycles. The van der Waals surface area contributed by atoms with Gasteiger partial charge < -0.3 is 15.0 Å². The summed E-state index contributed by atoms with van der Waals surface area (Å²) in [5, 5.41) is 3.40. The fourth-order valence-electron chi connectivity index (χ4n) is 2.44. The summed E-state index contributed by atoms with van der Waals surface area (Å²) in [6.07, 6.45) is 2.13. The molecule has 0 aromatic heterocycles. The largest absolute Gasteiger partial charge is 0.444 e. The normalized spacial score (nSPS) is 28.2. The third kappa shape index (κ3) is 3.61. The number of rotatable bonds is 3. The van der Waals surface area contributed by atoms with Gasteiger partial charge in [-0.15, -0.1) is 0 Å². The summed E-state index contributed by atoms with van der Waals surface area (Å²) in [4.78, 5) is 14.2. The number of amides is 1. The summed E-state index contributed by atoms with van der Waals surface area (Å²) in [5.41, 5.74) is -0.399. The summed E-state index contributed by atoms with van der Waals surface area (Å²) in [5.74, 6) is 1.21. The second-order valence-electron chi connectivity index (χ2n) is 6.76. The van der Waals surface area contributed by atoms with Crippen LogP contribution in [0, 0.1) is 11.8 Å². The van der Waals surface area contributed by atoms with E-state index in [4.69, 9.17) is 4.74 Å². The molecule has 0 bridgehead atoms. The number of ether oxygens (including phenoxy) is 1. The Morgan fingerprint density at radius 1 is 1.33 bits per heavy atom. The molecule has 0 radical (unpaired) electrons. The van der Waals surface area contributed by atoms with Gasteiger partial charge >= 0.3 is 6.09 Å². The molecule has 4 nitrogen and oxygen atoms in total. The van der Waals surface area contributed by atoms with Crippen LogP contribution < -0.4 is 5.32 Å². The van der Waals surface area contributed by atoms with Gasteiger partial charge in [0.15, 0.2) is 0 Å². The van der Waals surface area contributed by atoms with Crippen molar-refractivity contribution >= 4 is 6.09 Å². The Bertz CT molecular complexity index is 307. The molecule has 18 heavy (non-hydrogen) atoms. The molecular weight excluding hydrogens is 228 g/mol. The number of hydrogen-bond acceptors (Lipinski definition) is 3. The van der Waals surface area contributed by atoms with Gasteiger partial charge in [-0.05, 0) is 58.5 Å². The maximum absolute atomic E-state index is 12.2. The van der Waals surface area contributed by atoms with Crippen LogP contribution in [0.5, 0.6) is 0 Å². The van der Waals surface area contributed by atoms with Crippen LogP contribution in [0.1, 0.15) is 40.5 Å². The van der Waals surface area contributed by atoms with E-state index in [0.717, 1.165) is 32.5 Å². The minimum absolute atomic E-state index is 0.135. The lowest BCUT2D eigenvalue weighted by Crippen LogP contribution is -2.42. The molecule has 0 spiro atoms. The summed E-state index contributed by atoms with van der Waals surface area (Å²) < 4.78 is 5.51. The van der Waals surface area contributed by atoms with Gasteiger partial charge in [-0.3, -0.25) is 0 Å². The van der Waals surface area contributed by atoms with E-state index in [1.54, 1.807) is 0 Å². The highest BCUT2D eigenvalue weighted by Crippen LogP contribution is 2.30. The first-order chi connectivity index (χ1) is 8.37. The molecule has 1 saturated heterocycles. The number of nitrogens with one attached hydrogen (secondary N) is 1. The van der Waals surface area contributed by atoms with Gasteiger partial charge in [-0.1, -0.05) is 6.92 Å². The quantitative estimate of drug-likeness (QED) is 0.840. The molecule has 2 atom stereocenters. The second-order valence-corrected chi connectivity index (χ2v) is 6.76. The summed E-state index contributed by atoms with van der Waals surface area (Å²) >= 11 is 0. The number of nitrogens with zero attached hydrogens (tertiary/aromatic N) is 1. The smallest absolute Gasteiger partial charge is 0.410 e. The van der Waals surface area contributed by atoms with E-state index in [-0.39, 0.29) is 6.09 Å². The van der Waals surface area contributed by atoms with Gasteiger partial charge in [0.25, 0.3) is 0 Å². The van der Waals surface area contributed by atoms with Crippen LogP contribution in [0.2, 0.25) is 0 Å². The minimum Gasteiger partial charge on any atom is -0.444 e. The first-order valence-electron chi connectivity index (χ1n) is 7.07. The van der Waals surface area contributed by atoms with Crippen LogP contribution in [0.3, 0.4) is 0 Å². The average Bonchev–Trinajstić information content (AvgIpc) is 2.97. The van der Waals surface area contributed by atoms with Crippen molar-refractivity contribution in [1.29, 1.82) is 0 Å². The number of hydrogen-bond donors (Lipinski definition) is 1. The number of carbonyl (C=O) groups is 1. The summed E-state index contributed by atoms with van der Waals surface area (Å²) in [6.45, 7) is 11.0. The Kier molecular flexibility index (Phi) is 3.85. The maximum atomic E-state index is 12.2. The summed E-state index contributed by atoms with van der Waals surface area (Å²) in [6, 6.07) is 0.424. The van der Waals surface area contributed by atoms with Gasteiger partial charge in [0.1, 0.15) is 5.60 Å². The van der Waals surface area contributed by atoms with Crippen molar-refractivity contribution < 1.29 is 9.53 Å². The Hall–Kier alpha value is -0.770. The lowest BCUT2D eigenvalue weighted by molar-refractivity contribution is 0.0197. The first kappa shape index (κ1) is 13.7.